The number of aliphatic imine (C=N–C) groups is 1. The van der Waals surface area contributed by atoms with E-state index < -0.39 is 10.0 Å². The molecule has 0 saturated carbocycles. The van der Waals surface area contributed by atoms with Gasteiger partial charge in [-0.05, 0) is 50.6 Å². The molecule has 9 heteroatoms. The molecule has 0 amide bonds. The molecule has 2 aromatic rings. The van der Waals surface area contributed by atoms with Gasteiger partial charge in [0.2, 0.25) is 10.0 Å². The predicted octanol–water partition coefficient (Wildman–Crippen LogP) is 3.57. The van der Waals surface area contributed by atoms with E-state index in [9.17, 15) is 8.42 Å². The Hall–Kier alpha value is -1.17. The van der Waals surface area contributed by atoms with Gasteiger partial charge in [-0.3, -0.25) is 4.99 Å². The van der Waals surface area contributed by atoms with Crippen LogP contribution in [-0.2, 0) is 23.1 Å². The van der Waals surface area contributed by atoms with E-state index in [1.165, 1.54) is 14.1 Å². The van der Waals surface area contributed by atoms with Crippen LogP contribution in [0, 0.1) is 6.92 Å². The number of hydrogen-bond acceptors (Lipinski definition) is 4. The molecule has 0 saturated heterocycles. The van der Waals surface area contributed by atoms with Gasteiger partial charge in [0.25, 0.3) is 0 Å². The van der Waals surface area contributed by atoms with Crippen molar-refractivity contribution < 1.29 is 8.42 Å². The second kappa shape index (κ2) is 11.1. The first-order chi connectivity index (χ1) is 12.7. The molecule has 0 unspecified atom stereocenters. The molecule has 6 nitrogen and oxygen atoms in total. The number of rotatable bonds is 7. The molecule has 0 atom stereocenters. The normalized spacial score (nSPS) is 12.2. The van der Waals surface area contributed by atoms with E-state index in [2.05, 4.69) is 34.7 Å². The lowest BCUT2D eigenvalue weighted by Gasteiger charge is -2.21. The lowest BCUT2D eigenvalue weighted by molar-refractivity contribution is 0.410. The zero-order valence-corrected chi connectivity index (χ0v) is 20.9. The number of nitrogens with zero attached hydrogens (tertiary/aromatic N) is 2. The number of sulfonamides is 1. The molecular weight excluding hydrogens is 507 g/mol. The molecule has 0 radical (unpaired) electrons. The third-order valence-corrected chi connectivity index (χ3v) is 7.29. The van der Waals surface area contributed by atoms with Gasteiger partial charge in [0.05, 0.1) is 11.4 Å². The molecule has 0 aliphatic carbocycles. The molecule has 1 aromatic carbocycles. The second-order valence-electron chi connectivity index (χ2n) is 6.55. The fraction of sp³-hybridized carbons (Fsp3) is 0.421. The summed E-state index contributed by atoms with van der Waals surface area (Å²) in [6, 6.07) is 11.1. The van der Waals surface area contributed by atoms with E-state index in [-0.39, 0.29) is 30.0 Å². The van der Waals surface area contributed by atoms with Crippen LogP contribution in [0.15, 0.2) is 46.3 Å². The maximum absolute atomic E-state index is 12.5. The predicted molar refractivity (Wildman–Crippen MR) is 128 cm³/mol. The molecule has 0 bridgehead atoms. The minimum absolute atomic E-state index is 0. The number of aryl methyl sites for hydroxylation is 1. The molecule has 2 N–H and O–H groups in total. The summed E-state index contributed by atoms with van der Waals surface area (Å²) in [5.74, 6) is 0.706. The van der Waals surface area contributed by atoms with Crippen LogP contribution in [0.3, 0.4) is 0 Å². The van der Waals surface area contributed by atoms with Crippen LogP contribution in [0.5, 0.6) is 0 Å². The van der Waals surface area contributed by atoms with E-state index in [4.69, 9.17) is 0 Å². The SMILES string of the molecule is CN=C(NCc1ccc(S(=O)(=O)N(C)C(C)C)cc1)NCc1ccc(C)s1.I. The Morgan fingerprint density at radius 2 is 1.71 bits per heavy atom. The first-order valence-corrected chi connectivity index (χ1v) is 11.1. The highest BCUT2D eigenvalue weighted by Gasteiger charge is 2.22. The van der Waals surface area contributed by atoms with Crippen LogP contribution in [-0.4, -0.2) is 38.8 Å². The molecule has 0 fully saturated rings. The van der Waals surface area contributed by atoms with Crippen LogP contribution >= 0.6 is 35.3 Å². The highest BCUT2D eigenvalue weighted by Crippen LogP contribution is 2.17. The van der Waals surface area contributed by atoms with Gasteiger partial charge < -0.3 is 10.6 Å². The summed E-state index contributed by atoms with van der Waals surface area (Å²) >= 11 is 1.76. The maximum atomic E-state index is 12.5. The maximum Gasteiger partial charge on any atom is 0.243 e. The van der Waals surface area contributed by atoms with Crippen LogP contribution < -0.4 is 10.6 Å². The number of hydrogen-bond donors (Lipinski definition) is 2. The van der Waals surface area contributed by atoms with Crippen molar-refractivity contribution in [2.45, 2.75) is 44.8 Å². The van der Waals surface area contributed by atoms with E-state index in [0.29, 0.717) is 17.4 Å². The molecule has 2 rings (SSSR count). The van der Waals surface area contributed by atoms with Crippen LogP contribution in [0.4, 0.5) is 0 Å². The third kappa shape index (κ3) is 6.71. The van der Waals surface area contributed by atoms with E-state index in [1.807, 2.05) is 26.0 Å². The molecule has 28 heavy (non-hydrogen) atoms. The van der Waals surface area contributed by atoms with Crippen molar-refractivity contribution in [3.8, 4) is 0 Å². The number of guanidine groups is 1. The average Bonchev–Trinajstić information content (AvgIpc) is 3.06. The van der Waals surface area contributed by atoms with Gasteiger partial charge >= 0.3 is 0 Å². The Labute approximate surface area is 189 Å². The zero-order chi connectivity index (χ0) is 20.0. The van der Waals surface area contributed by atoms with Gasteiger partial charge in [0.1, 0.15) is 0 Å². The van der Waals surface area contributed by atoms with Crippen LogP contribution in [0.25, 0.3) is 0 Å². The van der Waals surface area contributed by atoms with Crippen molar-refractivity contribution in [1.29, 1.82) is 0 Å². The fourth-order valence-electron chi connectivity index (χ4n) is 2.38. The van der Waals surface area contributed by atoms with Gasteiger partial charge in [0.15, 0.2) is 5.96 Å². The summed E-state index contributed by atoms with van der Waals surface area (Å²) in [5.41, 5.74) is 0.982. The van der Waals surface area contributed by atoms with Crippen molar-refractivity contribution in [2.75, 3.05) is 14.1 Å². The lowest BCUT2D eigenvalue weighted by Crippen LogP contribution is -2.36. The van der Waals surface area contributed by atoms with Crippen molar-refractivity contribution >= 4 is 51.3 Å². The molecule has 1 aromatic heterocycles. The van der Waals surface area contributed by atoms with Crippen molar-refractivity contribution in [3.05, 3.63) is 51.7 Å². The summed E-state index contributed by atoms with van der Waals surface area (Å²) < 4.78 is 26.4. The van der Waals surface area contributed by atoms with Gasteiger partial charge in [-0.25, -0.2) is 8.42 Å². The Morgan fingerprint density at radius 1 is 1.11 bits per heavy atom. The van der Waals surface area contributed by atoms with Crippen molar-refractivity contribution in [1.82, 2.24) is 14.9 Å². The first-order valence-electron chi connectivity index (χ1n) is 8.81. The smallest absolute Gasteiger partial charge is 0.243 e. The highest BCUT2D eigenvalue weighted by molar-refractivity contribution is 14.0. The number of halogens is 1. The number of nitrogens with one attached hydrogen (secondary N) is 2. The minimum atomic E-state index is -3.45. The first kappa shape index (κ1) is 24.9. The monoisotopic (exact) mass is 536 g/mol. The third-order valence-electron chi connectivity index (χ3n) is 4.24. The quantitative estimate of drug-likeness (QED) is 0.323. The van der Waals surface area contributed by atoms with Crippen LogP contribution in [0.2, 0.25) is 0 Å². The Kier molecular flexibility index (Phi) is 9.88. The standard InChI is InChI=1S/C19H28N4O2S2.HI/c1-14(2)23(5)27(24,25)18-10-7-16(8-11-18)12-21-19(20-4)22-13-17-9-6-15(3)26-17;/h6-11,14H,12-13H2,1-5H3,(H2,20,21,22);1H. The molecule has 0 aliphatic rings. The largest absolute Gasteiger partial charge is 0.352 e. The summed E-state index contributed by atoms with van der Waals surface area (Å²) in [7, 11) is -0.124. The lowest BCUT2D eigenvalue weighted by atomic mass is 10.2. The summed E-state index contributed by atoms with van der Waals surface area (Å²) in [5, 5.41) is 6.52. The molecule has 0 spiro atoms. The van der Waals surface area contributed by atoms with Gasteiger partial charge in [-0.15, -0.1) is 35.3 Å². The van der Waals surface area contributed by atoms with Gasteiger partial charge in [0, 0.05) is 36.4 Å². The van der Waals surface area contributed by atoms with Crippen molar-refractivity contribution in [2.24, 2.45) is 4.99 Å². The minimum Gasteiger partial charge on any atom is -0.352 e. The number of thiophene rings is 1. The van der Waals surface area contributed by atoms with E-state index >= 15 is 0 Å². The zero-order valence-electron chi connectivity index (χ0n) is 16.9. The summed E-state index contributed by atoms with van der Waals surface area (Å²) in [6.07, 6.45) is 0. The second-order valence-corrected chi connectivity index (χ2v) is 9.92. The number of benzene rings is 1. The van der Waals surface area contributed by atoms with E-state index in [1.54, 1.807) is 37.6 Å². The topological polar surface area (TPSA) is 73.8 Å². The van der Waals surface area contributed by atoms with E-state index in [0.717, 1.165) is 12.1 Å². The van der Waals surface area contributed by atoms with Crippen molar-refractivity contribution in [3.63, 3.8) is 0 Å². The van der Waals surface area contributed by atoms with Gasteiger partial charge in [-0.2, -0.15) is 4.31 Å². The Bertz CT molecular complexity index is 878. The summed E-state index contributed by atoms with van der Waals surface area (Å²) in [6.45, 7) is 7.07. The fourth-order valence-corrected chi connectivity index (χ4v) is 4.58. The molecule has 1 heterocycles. The van der Waals surface area contributed by atoms with Gasteiger partial charge in [-0.1, -0.05) is 12.1 Å². The average molecular weight is 537 g/mol. The molecule has 156 valence electrons. The highest BCUT2D eigenvalue weighted by atomic mass is 127. The molecular formula is C19H29IN4O2S2. The Balaban J connectivity index is 0.00000392. The summed E-state index contributed by atoms with van der Waals surface area (Å²) in [4.78, 5) is 7.06. The Morgan fingerprint density at radius 3 is 2.21 bits per heavy atom. The molecule has 0 aliphatic heterocycles. The van der Waals surface area contributed by atoms with Crippen LogP contribution in [0.1, 0.15) is 29.2 Å².